The highest BCUT2D eigenvalue weighted by molar-refractivity contribution is 6.31. The highest BCUT2D eigenvalue weighted by atomic mass is 35.5. The number of halogens is 1. The number of ether oxygens (including phenoxy) is 1. The molecule has 0 amide bonds. The lowest BCUT2D eigenvalue weighted by Crippen LogP contribution is -2.35. The van der Waals surface area contributed by atoms with Crippen LogP contribution in [0, 0.1) is 0 Å². The SMILES string of the molecule is NC(Cc1c[nH]c2ccc(Cl)cc12)OC(=O)C(O)CC(=O)O. The van der Waals surface area contributed by atoms with E-state index in [2.05, 4.69) is 4.98 Å². The third-order valence-electron chi connectivity index (χ3n) is 3.06. The molecule has 0 spiro atoms. The Morgan fingerprint density at radius 2 is 2.14 bits per heavy atom. The van der Waals surface area contributed by atoms with Gasteiger partial charge >= 0.3 is 11.9 Å². The molecule has 2 rings (SSSR count). The molecule has 8 heteroatoms. The van der Waals surface area contributed by atoms with E-state index in [1.165, 1.54) is 0 Å². The minimum absolute atomic E-state index is 0.200. The highest BCUT2D eigenvalue weighted by Gasteiger charge is 2.22. The number of nitrogens with one attached hydrogen (secondary N) is 1. The standard InChI is InChI=1S/C14H15ClN2O5/c15-8-1-2-10-9(4-8)7(6-17-10)3-12(16)22-14(21)11(18)5-13(19)20/h1-2,4,6,11-12,17-18H,3,5,16H2,(H,19,20). The minimum Gasteiger partial charge on any atom is -0.481 e. The number of aliphatic carboxylic acids is 1. The number of esters is 1. The van der Waals surface area contributed by atoms with Crippen molar-refractivity contribution in [2.45, 2.75) is 25.2 Å². The Balaban J connectivity index is 2.01. The van der Waals surface area contributed by atoms with Gasteiger partial charge in [-0.15, -0.1) is 0 Å². The van der Waals surface area contributed by atoms with E-state index in [0.29, 0.717) is 5.02 Å². The van der Waals surface area contributed by atoms with Crippen molar-refractivity contribution in [3.63, 3.8) is 0 Å². The van der Waals surface area contributed by atoms with Crippen LogP contribution in [0.15, 0.2) is 24.4 Å². The van der Waals surface area contributed by atoms with Gasteiger partial charge in [-0.3, -0.25) is 10.5 Å². The Labute approximate surface area is 130 Å². The van der Waals surface area contributed by atoms with Gasteiger partial charge in [-0.1, -0.05) is 11.6 Å². The fourth-order valence-electron chi connectivity index (χ4n) is 2.05. The number of aliphatic hydroxyl groups excluding tert-OH is 1. The Bertz CT molecular complexity index is 700. The lowest BCUT2D eigenvalue weighted by Gasteiger charge is -2.15. The van der Waals surface area contributed by atoms with Crippen LogP contribution in [0.3, 0.4) is 0 Å². The minimum atomic E-state index is -1.74. The van der Waals surface area contributed by atoms with E-state index in [9.17, 15) is 14.7 Å². The molecule has 0 saturated heterocycles. The largest absolute Gasteiger partial charge is 0.481 e. The Morgan fingerprint density at radius 3 is 2.82 bits per heavy atom. The number of carbonyl (C=O) groups excluding carboxylic acids is 1. The number of fused-ring (bicyclic) bond motifs is 1. The van der Waals surface area contributed by atoms with Crippen LogP contribution >= 0.6 is 11.6 Å². The topological polar surface area (TPSA) is 126 Å². The summed E-state index contributed by atoms with van der Waals surface area (Å²) in [6, 6.07) is 5.32. The average Bonchev–Trinajstić information content (AvgIpc) is 2.80. The van der Waals surface area contributed by atoms with Gasteiger partial charge in [0.15, 0.2) is 12.3 Å². The molecule has 2 unspecified atom stereocenters. The number of nitrogens with two attached hydrogens (primary N) is 1. The lowest BCUT2D eigenvalue weighted by atomic mass is 10.1. The third kappa shape index (κ3) is 3.97. The van der Waals surface area contributed by atoms with Crippen molar-refractivity contribution >= 4 is 34.4 Å². The maximum absolute atomic E-state index is 11.5. The maximum Gasteiger partial charge on any atom is 0.337 e. The molecular weight excluding hydrogens is 312 g/mol. The molecule has 0 aliphatic heterocycles. The molecule has 5 N–H and O–H groups in total. The molecule has 7 nitrogen and oxygen atoms in total. The molecule has 118 valence electrons. The molecule has 0 saturated carbocycles. The van der Waals surface area contributed by atoms with Gasteiger partial charge in [0.05, 0.1) is 6.42 Å². The zero-order chi connectivity index (χ0) is 16.3. The second kappa shape index (κ2) is 6.78. The third-order valence-corrected chi connectivity index (χ3v) is 3.29. The zero-order valence-electron chi connectivity index (χ0n) is 11.5. The van der Waals surface area contributed by atoms with Gasteiger partial charge in [0.1, 0.15) is 0 Å². The van der Waals surface area contributed by atoms with Crippen LogP contribution in [0.25, 0.3) is 10.9 Å². The van der Waals surface area contributed by atoms with Crippen LogP contribution in [0.1, 0.15) is 12.0 Å². The fourth-order valence-corrected chi connectivity index (χ4v) is 2.23. The average molecular weight is 327 g/mol. The van der Waals surface area contributed by atoms with Crippen LogP contribution in [0.5, 0.6) is 0 Å². The van der Waals surface area contributed by atoms with E-state index in [0.717, 1.165) is 16.5 Å². The zero-order valence-corrected chi connectivity index (χ0v) is 12.2. The highest BCUT2D eigenvalue weighted by Crippen LogP contribution is 2.23. The molecule has 2 aromatic rings. The second-order valence-electron chi connectivity index (χ2n) is 4.80. The van der Waals surface area contributed by atoms with Gasteiger partial charge in [0.25, 0.3) is 0 Å². The fraction of sp³-hybridized carbons (Fsp3) is 0.286. The summed E-state index contributed by atoms with van der Waals surface area (Å²) in [7, 11) is 0. The van der Waals surface area contributed by atoms with E-state index < -0.39 is 30.7 Å². The maximum atomic E-state index is 11.5. The van der Waals surface area contributed by atoms with Crippen LogP contribution in [0.4, 0.5) is 0 Å². The first kappa shape index (κ1) is 16.3. The number of benzene rings is 1. The van der Waals surface area contributed by atoms with Gasteiger partial charge < -0.3 is 19.9 Å². The van der Waals surface area contributed by atoms with E-state index in [1.54, 1.807) is 18.3 Å². The molecular formula is C14H15ClN2O5. The smallest absolute Gasteiger partial charge is 0.337 e. The van der Waals surface area contributed by atoms with E-state index in [1.807, 2.05) is 6.07 Å². The summed E-state index contributed by atoms with van der Waals surface area (Å²) in [5.74, 6) is -2.36. The number of rotatable bonds is 6. The molecule has 0 bridgehead atoms. The lowest BCUT2D eigenvalue weighted by molar-refractivity contribution is -0.162. The van der Waals surface area contributed by atoms with Gasteiger partial charge in [-0.2, -0.15) is 0 Å². The van der Waals surface area contributed by atoms with Crippen molar-refractivity contribution in [1.82, 2.24) is 4.98 Å². The number of hydrogen-bond donors (Lipinski definition) is 4. The number of hydrogen-bond acceptors (Lipinski definition) is 5. The summed E-state index contributed by atoms with van der Waals surface area (Å²) >= 11 is 5.94. The normalized spacial score (nSPS) is 13.8. The van der Waals surface area contributed by atoms with Crippen molar-refractivity contribution < 1.29 is 24.5 Å². The predicted octanol–water partition coefficient (Wildman–Crippen LogP) is 1.03. The van der Waals surface area contributed by atoms with Gasteiger partial charge in [-0.25, -0.2) is 4.79 Å². The molecule has 1 aromatic heterocycles. The van der Waals surface area contributed by atoms with Crippen LogP contribution < -0.4 is 5.73 Å². The van der Waals surface area contributed by atoms with Crippen LogP contribution in [0.2, 0.25) is 5.02 Å². The van der Waals surface area contributed by atoms with E-state index in [4.69, 9.17) is 27.2 Å². The van der Waals surface area contributed by atoms with E-state index in [-0.39, 0.29) is 6.42 Å². The molecule has 1 heterocycles. The first-order valence-corrected chi connectivity index (χ1v) is 6.86. The number of carbonyl (C=O) groups is 2. The number of H-pyrrole nitrogens is 1. The first-order chi connectivity index (χ1) is 10.4. The van der Waals surface area contributed by atoms with Gasteiger partial charge in [0, 0.05) is 28.5 Å². The van der Waals surface area contributed by atoms with Crippen molar-refractivity contribution in [3.05, 3.63) is 35.0 Å². The quantitative estimate of drug-likeness (QED) is 0.464. The van der Waals surface area contributed by atoms with Gasteiger partial charge in [-0.05, 0) is 23.8 Å². The molecule has 0 aliphatic rings. The summed E-state index contributed by atoms with van der Waals surface area (Å²) < 4.78 is 4.84. The monoisotopic (exact) mass is 326 g/mol. The number of aromatic amines is 1. The molecule has 1 aromatic carbocycles. The molecule has 0 aliphatic carbocycles. The van der Waals surface area contributed by atoms with Gasteiger partial charge in [0.2, 0.25) is 0 Å². The number of aromatic nitrogens is 1. The molecule has 22 heavy (non-hydrogen) atoms. The molecule has 2 atom stereocenters. The first-order valence-electron chi connectivity index (χ1n) is 6.48. The van der Waals surface area contributed by atoms with Crippen molar-refractivity contribution in [3.8, 4) is 0 Å². The Morgan fingerprint density at radius 1 is 1.41 bits per heavy atom. The Hall–Kier alpha value is -2.09. The van der Waals surface area contributed by atoms with Crippen molar-refractivity contribution in [1.29, 1.82) is 0 Å². The second-order valence-corrected chi connectivity index (χ2v) is 5.23. The van der Waals surface area contributed by atoms with Crippen molar-refractivity contribution in [2.75, 3.05) is 0 Å². The number of carboxylic acid groups (broad SMARTS) is 1. The molecule has 0 radical (unpaired) electrons. The van der Waals surface area contributed by atoms with E-state index >= 15 is 0 Å². The van der Waals surface area contributed by atoms with Crippen molar-refractivity contribution in [2.24, 2.45) is 5.73 Å². The van der Waals surface area contributed by atoms with Crippen LogP contribution in [-0.2, 0) is 20.7 Å². The summed E-state index contributed by atoms with van der Waals surface area (Å²) in [4.78, 5) is 25.0. The summed E-state index contributed by atoms with van der Waals surface area (Å²) in [5, 5.41) is 19.3. The Kier molecular flexibility index (Phi) is 5.02. The number of carboxylic acids is 1. The number of aliphatic hydroxyl groups is 1. The summed E-state index contributed by atoms with van der Waals surface area (Å²) in [6.07, 6.45) is -1.54. The summed E-state index contributed by atoms with van der Waals surface area (Å²) in [5.41, 5.74) is 7.38. The molecule has 0 fully saturated rings. The predicted molar refractivity (Wildman–Crippen MR) is 79.3 cm³/mol. The van der Waals surface area contributed by atoms with Crippen LogP contribution in [-0.4, -0.2) is 39.5 Å². The summed E-state index contributed by atoms with van der Waals surface area (Å²) in [6.45, 7) is 0.